The molecule has 1 aromatic carbocycles. The van der Waals surface area contributed by atoms with Crippen molar-refractivity contribution in [2.24, 2.45) is 5.92 Å². The zero-order valence-corrected chi connectivity index (χ0v) is 12.1. The van der Waals surface area contributed by atoms with Crippen molar-refractivity contribution < 1.29 is 21.6 Å². The lowest BCUT2D eigenvalue weighted by Gasteiger charge is -2.20. The van der Waals surface area contributed by atoms with E-state index in [9.17, 15) is 21.6 Å². The van der Waals surface area contributed by atoms with Crippen LogP contribution in [0.3, 0.4) is 0 Å². The van der Waals surface area contributed by atoms with Gasteiger partial charge in [0.2, 0.25) is 0 Å². The largest absolute Gasteiger partial charge is 0.416 e. The van der Waals surface area contributed by atoms with E-state index in [1.54, 1.807) is 0 Å². The lowest BCUT2D eigenvalue weighted by Crippen LogP contribution is -2.12. The molecule has 1 unspecified atom stereocenters. The third-order valence-corrected chi connectivity index (χ3v) is 4.38. The average Bonchev–Trinajstić information content (AvgIpc) is 2.24. The Morgan fingerprint density at radius 2 is 1.63 bits per heavy atom. The highest BCUT2D eigenvalue weighted by molar-refractivity contribution is 7.90. The molecule has 6 heteroatoms. The van der Waals surface area contributed by atoms with Crippen LogP contribution in [0.1, 0.15) is 37.8 Å². The Hall–Kier alpha value is -1.04. The highest BCUT2D eigenvalue weighted by Gasteiger charge is 2.32. The number of hydrogen-bond donors (Lipinski definition) is 0. The van der Waals surface area contributed by atoms with Crippen LogP contribution < -0.4 is 0 Å². The molecule has 0 aliphatic rings. The number of halogens is 3. The second-order valence-corrected chi connectivity index (χ2v) is 7.04. The van der Waals surface area contributed by atoms with Crippen LogP contribution >= 0.6 is 0 Å². The van der Waals surface area contributed by atoms with Crippen LogP contribution in [0.2, 0.25) is 0 Å². The van der Waals surface area contributed by atoms with Crippen molar-refractivity contribution in [1.29, 1.82) is 0 Å². The van der Waals surface area contributed by atoms with E-state index in [-0.39, 0.29) is 16.7 Å². The van der Waals surface area contributed by atoms with Crippen molar-refractivity contribution in [3.63, 3.8) is 0 Å². The predicted molar refractivity (Wildman–Crippen MR) is 67.8 cm³/mol. The van der Waals surface area contributed by atoms with Gasteiger partial charge in [-0.2, -0.15) is 13.2 Å². The molecule has 0 amide bonds. The van der Waals surface area contributed by atoms with E-state index in [0.29, 0.717) is 5.56 Å². The molecule has 2 nitrogen and oxygen atoms in total. The topological polar surface area (TPSA) is 34.1 Å². The van der Waals surface area contributed by atoms with E-state index in [1.807, 2.05) is 20.8 Å². The summed E-state index contributed by atoms with van der Waals surface area (Å²) in [5, 5.41) is 0. The number of rotatable bonds is 3. The van der Waals surface area contributed by atoms with Gasteiger partial charge in [0.15, 0.2) is 9.84 Å². The zero-order chi connectivity index (χ0) is 15.0. The summed E-state index contributed by atoms with van der Waals surface area (Å²) in [4.78, 5) is -0.233. The Labute approximate surface area is 111 Å². The van der Waals surface area contributed by atoms with Crippen LogP contribution in [0.25, 0.3) is 0 Å². The number of hydrogen-bond acceptors (Lipinski definition) is 2. The molecular formula is C13H17F3O2S. The lowest BCUT2D eigenvalue weighted by atomic mass is 9.90. The Morgan fingerprint density at radius 1 is 1.11 bits per heavy atom. The summed E-state index contributed by atoms with van der Waals surface area (Å²) < 4.78 is 61.3. The first-order valence-corrected chi connectivity index (χ1v) is 7.75. The third kappa shape index (κ3) is 3.72. The fourth-order valence-corrected chi connectivity index (χ4v) is 2.79. The van der Waals surface area contributed by atoms with E-state index >= 15 is 0 Å². The number of alkyl halides is 3. The molecule has 0 N–H and O–H groups in total. The van der Waals surface area contributed by atoms with Gasteiger partial charge in [0.25, 0.3) is 0 Å². The number of benzene rings is 1. The second-order valence-electron chi connectivity index (χ2n) is 5.06. The fourth-order valence-electron chi connectivity index (χ4n) is 1.77. The maximum Gasteiger partial charge on any atom is 0.416 e. The standard InChI is InChI=1S/C13H17F3O2S/c1-8(2)9(3)11-6-5-10(13(14,15)16)7-12(11)19(4,17)18/h5-9H,1-4H3. The molecule has 108 valence electrons. The summed E-state index contributed by atoms with van der Waals surface area (Å²) in [5.74, 6) is 0.00393. The molecule has 1 atom stereocenters. The van der Waals surface area contributed by atoms with E-state index in [1.165, 1.54) is 6.07 Å². The van der Waals surface area contributed by atoms with Crippen LogP contribution in [0.5, 0.6) is 0 Å². The van der Waals surface area contributed by atoms with E-state index in [4.69, 9.17) is 0 Å². The van der Waals surface area contributed by atoms with Crippen LogP contribution in [0.15, 0.2) is 23.1 Å². The Balaban J connectivity index is 3.51. The second kappa shape index (κ2) is 5.15. The van der Waals surface area contributed by atoms with Gasteiger partial charge in [-0.05, 0) is 29.5 Å². The minimum atomic E-state index is -4.54. The van der Waals surface area contributed by atoms with Gasteiger partial charge in [0.1, 0.15) is 0 Å². The van der Waals surface area contributed by atoms with Crippen LogP contribution in [-0.2, 0) is 16.0 Å². The summed E-state index contributed by atoms with van der Waals surface area (Å²) in [5.41, 5.74) is -0.502. The van der Waals surface area contributed by atoms with Gasteiger partial charge in [-0.1, -0.05) is 26.8 Å². The van der Waals surface area contributed by atoms with Crippen LogP contribution in [-0.4, -0.2) is 14.7 Å². The molecule has 0 fully saturated rings. The van der Waals surface area contributed by atoms with Crippen molar-refractivity contribution in [2.75, 3.05) is 6.26 Å². The molecule has 0 aliphatic heterocycles. The molecule has 1 rings (SSSR count). The van der Waals surface area contributed by atoms with Gasteiger partial charge in [0.05, 0.1) is 10.5 Å². The maximum atomic E-state index is 12.7. The van der Waals surface area contributed by atoms with Crippen LogP contribution in [0.4, 0.5) is 13.2 Å². The molecule has 19 heavy (non-hydrogen) atoms. The molecular weight excluding hydrogens is 277 g/mol. The molecule has 0 saturated carbocycles. The first-order valence-electron chi connectivity index (χ1n) is 5.85. The van der Waals surface area contributed by atoms with Crippen molar-refractivity contribution in [1.82, 2.24) is 0 Å². The highest BCUT2D eigenvalue weighted by atomic mass is 32.2. The summed E-state index contributed by atoms with van der Waals surface area (Å²) in [6.07, 6.45) is -3.61. The van der Waals surface area contributed by atoms with Gasteiger partial charge >= 0.3 is 6.18 Å². The summed E-state index contributed by atoms with van der Waals surface area (Å²) in [6, 6.07) is 2.93. The van der Waals surface area contributed by atoms with Gasteiger partial charge in [-0.25, -0.2) is 8.42 Å². The molecule has 0 spiro atoms. The van der Waals surface area contributed by atoms with Gasteiger partial charge in [-0.15, -0.1) is 0 Å². The summed E-state index contributed by atoms with van der Waals surface area (Å²) in [6.45, 7) is 5.60. The first-order chi connectivity index (χ1) is 8.44. The van der Waals surface area contributed by atoms with Gasteiger partial charge < -0.3 is 0 Å². The Bertz CT molecular complexity index is 560. The monoisotopic (exact) mass is 294 g/mol. The SMILES string of the molecule is CC(C)C(C)c1ccc(C(F)(F)F)cc1S(C)(=O)=O. The Kier molecular flexibility index (Phi) is 4.34. The third-order valence-electron chi connectivity index (χ3n) is 3.23. The quantitative estimate of drug-likeness (QED) is 0.848. The van der Waals surface area contributed by atoms with E-state index in [0.717, 1.165) is 18.4 Å². The average molecular weight is 294 g/mol. The van der Waals surface area contributed by atoms with E-state index < -0.39 is 21.6 Å². The summed E-state index contributed by atoms with van der Waals surface area (Å²) in [7, 11) is -3.69. The normalized spacial score (nSPS) is 14.7. The van der Waals surface area contributed by atoms with Crippen molar-refractivity contribution in [3.8, 4) is 0 Å². The molecule has 0 saturated heterocycles. The van der Waals surface area contributed by atoms with Crippen molar-refractivity contribution in [3.05, 3.63) is 29.3 Å². The minimum absolute atomic E-state index is 0.132. The van der Waals surface area contributed by atoms with Crippen molar-refractivity contribution in [2.45, 2.75) is 37.8 Å². The molecule has 1 aromatic rings. The first kappa shape index (κ1) is 16.0. The molecule has 0 heterocycles. The van der Waals surface area contributed by atoms with Crippen LogP contribution in [0, 0.1) is 5.92 Å². The predicted octanol–water partition coefficient (Wildman–Crippen LogP) is 3.87. The van der Waals surface area contributed by atoms with E-state index in [2.05, 4.69) is 0 Å². The summed E-state index contributed by atoms with van der Waals surface area (Å²) >= 11 is 0. The highest BCUT2D eigenvalue weighted by Crippen LogP contribution is 2.35. The van der Waals surface area contributed by atoms with Crippen molar-refractivity contribution >= 4 is 9.84 Å². The number of sulfone groups is 1. The smallest absolute Gasteiger partial charge is 0.224 e. The van der Waals surface area contributed by atoms with Gasteiger partial charge in [-0.3, -0.25) is 0 Å². The fraction of sp³-hybridized carbons (Fsp3) is 0.538. The molecule has 0 aromatic heterocycles. The minimum Gasteiger partial charge on any atom is -0.224 e. The molecule has 0 radical (unpaired) electrons. The molecule has 0 aliphatic carbocycles. The lowest BCUT2D eigenvalue weighted by molar-refractivity contribution is -0.137. The Morgan fingerprint density at radius 3 is 2.00 bits per heavy atom. The molecule has 0 bridgehead atoms. The van der Waals surface area contributed by atoms with Gasteiger partial charge in [0, 0.05) is 6.26 Å². The zero-order valence-electron chi connectivity index (χ0n) is 11.2. The maximum absolute atomic E-state index is 12.7.